The van der Waals surface area contributed by atoms with Crippen molar-refractivity contribution in [3.05, 3.63) is 23.3 Å². The number of rotatable bonds is 25. The Labute approximate surface area is 492 Å². The largest absolute Gasteiger partial charge is 0.496 e. The maximum atomic E-state index is 15.2. The summed E-state index contributed by atoms with van der Waals surface area (Å²) in [6.45, 7) is 4.38. The monoisotopic (exact) mass is 1220 g/mol. The van der Waals surface area contributed by atoms with Gasteiger partial charge in [-0.25, -0.2) is 0 Å². The molecule has 28 nitrogen and oxygen atoms in total. The zero-order valence-corrected chi connectivity index (χ0v) is 49.4. The number of hydrogen-bond donors (Lipinski definition) is 13. The van der Waals surface area contributed by atoms with Crippen LogP contribution in [0.2, 0.25) is 0 Å². The molecule has 1 aromatic heterocycles. The lowest BCUT2D eigenvalue weighted by atomic mass is 9.93. The third-order valence-electron chi connectivity index (χ3n) is 15.3. The summed E-state index contributed by atoms with van der Waals surface area (Å²) in [5, 5.41) is 55.7. The van der Waals surface area contributed by atoms with Crippen molar-refractivity contribution < 1.29 is 82.1 Å². The molecule has 10 atom stereocenters. The van der Waals surface area contributed by atoms with Crippen LogP contribution in [0.3, 0.4) is 0 Å². The number of nitrogens with one attached hydrogen (secondary N) is 7. The number of aliphatic hydroxyl groups is 3. The Morgan fingerprint density at radius 3 is 2.26 bits per heavy atom. The predicted molar refractivity (Wildman–Crippen MR) is 305 cm³/mol. The van der Waals surface area contributed by atoms with E-state index < -0.39 is 157 Å². The number of carboxylic acids is 1. The quantitative estimate of drug-likeness (QED) is 0.0454. The lowest BCUT2D eigenvalue weighted by Gasteiger charge is -2.32. The van der Waals surface area contributed by atoms with Gasteiger partial charge >= 0.3 is 5.97 Å². The van der Waals surface area contributed by atoms with E-state index in [9.17, 15) is 68.1 Å². The number of methoxy groups -OCH3 is 1. The van der Waals surface area contributed by atoms with E-state index in [1.807, 2.05) is 18.7 Å². The summed E-state index contributed by atoms with van der Waals surface area (Å²) in [6, 6.07) is -5.37. The van der Waals surface area contributed by atoms with Crippen molar-refractivity contribution in [1.82, 2.24) is 46.7 Å². The number of fused-ring (bicyclic) bond motifs is 4. The van der Waals surface area contributed by atoms with E-state index >= 15 is 4.21 Å². The van der Waals surface area contributed by atoms with Crippen molar-refractivity contribution in [2.45, 2.75) is 163 Å². The highest BCUT2D eigenvalue weighted by atomic mass is 32.2. The number of carboxylic acid groups (broad SMARTS) is 1. The van der Waals surface area contributed by atoms with E-state index in [0.717, 1.165) is 4.90 Å². The molecule has 0 saturated carbocycles. The minimum absolute atomic E-state index is 0.000297. The number of thioether (sulfide) groups is 1. The number of amides is 10. The van der Waals surface area contributed by atoms with Gasteiger partial charge in [-0.15, -0.1) is 0 Å². The number of H-pyrrole nitrogens is 1. The van der Waals surface area contributed by atoms with Gasteiger partial charge in [0.1, 0.15) is 41.0 Å². The van der Waals surface area contributed by atoms with Crippen LogP contribution in [0.1, 0.15) is 109 Å². The average molecular weight is 1220 g/mol. The smallest absolute Gasteiger partial charge is 0.303 e. The van der Waals surface area contributed by atoms with Crippen LogP contribution < -0.4 is 48.1 Å². The number of nitrogens with two attached hydrogens (primary N) is 2. The molecule has 0 aliphatic carbocycles. The van der Waals surface area contributed by atoms with Crippen molar-refractivity contribution >= 4 is 98.5 Å². The highest BCUT2D eigenvalue weighted by Crippen LogP contribution is 2.38. The number of primary amides is 2. The number of benzene rings is 1. The number of carbonyl (C=O) groups excluding carboxylic acids is 10. The maximum absolute atomic E-state index is 15.2. The number of unbranched alkanes of at least 4 members (excludes halogenated alkanes) is 2. The number of hydrogen-bond acceptors (Lipinski definition) is 17. The van der Waals surface area contributed by atoms with E-state index in [2.05, 4.69) is 36.9 Å². The van der Waals surface area contributed by atoms with Crippen LogP contribution in [0.4, 0.5) is 0 Å². The molecule has 1 aromatic carbocycles. The second kappa shape index (κ2) is 32.4. The molecule has 10 amide bonds. The van der Waals surface area contributed by atoms with Gasteiger partial charge in [-0.3, -0.25) is 56.9 Å². The second-order valence-corrected chi connectivity index (χ2v) is 24.3. The molecule has 84 heavy (non-hydrogen) atoms. The SMILES string of the molecule is CC[C@H](C)CC(=O)NCC(=O)N[C@H]1CS(=O)c2[nH]c3c(CSC4CCN(C(=O)CCCCCNC(=O)CCC(=O)O)CC4)c(OC)ccc3c2C[C@@H](C(N)=O)NC(=O)[C@H]([C@@H](C)[C@@H](O)CO)NC(=O)[C@@H]2C[C@@H](O)CN2C(=O)[C@H](CC(N)=O)NC1=O. The fraction of sp³-hybridized carbons (Fsp3) is 0.648. The van der Waals surface area contributed by atoms with Gasteiger partial charge in [0, 0.05) is 86.2 Å². The maximum Gasteiger partial charge on any atom is 0.303 e. The van der Waals surface area contributed by atoms with Gasteiger partial charge in [0.2, 0.25) is 59.1 Å². The van der Waals surface area contributed by atoms with Crippen LogP contribution in [-0.2, 0) is 75.7 Å². The number of aliphatic hydroxyl groups excluding tert-OH is 3. The molecule has 5 rings (SSSR count). The Morgan fingerprint density at radius 1 is 0.905 bits per heavy atom. The number of piperidine rings is 1. The molecule has 3 aliphatic rings. The Bertz CT molecular complexity index is 2760. The fourth-order valence-electron chi connectivity index (χ4n) is 10.1. The molecule has 1 unspecified atom stereocenters. The Morgan fingerprint density at radius 2 is 1.62 bits per heavy atom. The van der Waals surface area contributed by atoms with Gasteiger partial charge in [-0.05, 0) is 49.3 Å². The molecular weight excluding hydrogens is 1140 g/mol. The minimum Gasteiger partial charge on any atom is -0.496 e. The fourth-order valence-corrected chi connectivity index (χ4v) is 12.7. The summed E-state index contributed by atoms with van der Waals surface area (Å²) < 4.78 is 21.0. The van der Waals surface area contributed by atoms with Gasteiger partial charge in [-0.2, -0.15) is 11.8 Å². The van der Waals surface area contributed by atoms with E-state index in [4.69, 9.17) is 21.3 Å². The van der Waals surface area contributed by atoms with E-state index in [0.29, 0.717) is 86.8 Å². The number of aromatic amines is 1. The van der Waals surface area contributed by atoms with Crippen molar-refractivity contribution in [1.29, 1.82) is 0 Å². The molecule has 3 aliphatic heterocycles. The van der Waals surface area contributed by atoms with Gasteiger partial charge in [-0.1, -0.05) is 33.6 Å². The summed E-state index contributed by atoms with van der Waals surface area (Å²) in [6.07, 6.45) is -0.810. The standard InChI is InChI=1S/C54H81N11O17S2/c1-5-28(2)19-43(71)58-23-44(72)59-37-27-84(81)53-33(32-10-11-40(82-4)34(48(32)63-53)26-83-31-14-17-64(18-15-31)45(73)9-7-6-8-16-57-42(70)12-13-46(74)75)21-35(49(56)76)60-52(79)47(29(3)39(68)25-66)62-51(78)38-20-30(67)24-65(38)54(80)36(22-41(55)69)61-50(37)77/h10-11,28-31,35-39,47,63,66-68H,5-9,12-27H2,1-4H3,(H2,55,69)(H2,56,76)(H,57,70)(H,58,71)(H,59,72)(H,60,79)(H,61,77)(H,62,78)(H,74,75)/t28-,29-,30+,35-,36-,37-,38-,39-,47-,84?/m0/s1. The third kappa shape index (κ3) is 19.3. The number of ether oxygens (including phenoxy) is 1. The minimum atomic E-state index is -2.41. The molecule has 4 heterocycles. The molecule has 2 fully saturated rings. The summed E-state index contributed by atoms with van der Waals surface area (Å²) in [7, 11) is -0.962. The van der Waals surface area contributed by atoms with E-state index in [-0.39, 0.29) is 58.6 Å². The molecule has 15 N–H and O–H groups in total. The van der Waals surface area contributed by atoms with Gasteiger partial charge in [0.05, 0.1) is 67.4 Å². The first-order chi connectivity index (χ1) is 39.8. The summed E-state index contributed by atoms with van der Waals surface area (Å²) in [5.74, 6) is -10.8. The van der Waals surface area contributed by atoms with Crippen molar-refractivity contribution in [3.63, 3.8) is 0 Å². The molecule has 0 radical (unpaired) electrons. The number of nitrogens with zero attached hydrogens (tertiary/aromatic N) is 2. The topological polar surface area (TPSA) is 441 Å². The first kappa shape index (κ1) is 67.9. The lowest BCUT2D eigenvalue weighted by Crippen LogP contribution is -2.61. The van der Waals surface area contributed by atoms with Crippen LogP contribution >= 0.6 is 11.8 Å². The highest BCUT2D eigenvalue weighted by molar-refractivity contribution is 7.99. The molecule has 466 valence electrons. The number of carbonyl (C=O) groups is 11. The second-order valence-electron chi connectivity index (χ2n) is 21.6. The van der Waals surface area contributed by atoms with E-state index in [1.54, 1.807) is 23.9 Å². The Kier molecular flexibility index (Phi) is 26.2. The molecule has 2 aromatic rings. The first-order valence-electron chi connectivity index (χ1n) is 28.1. The summed E-state index contributed by atoms with van der Waals surface area (Å²) >= 11 is 1.57. The van der Waals surface area contributed by atoms with Crippen LogP contribution in [-0.4, -0.2) is 204 Å². The van der Waals surface area contributed by atoms with Crippen LogP contribution in [0, 0.1) is 11.8 Å². The number of likely N-dealkylation sites (tertiary alicyclic amines) is 1. The zero-order valence-electron chi connectivity index (χ0n) is 47.7. The third-order valence-corrected chi connectivity index (χ3v) is 18.1. The zero-order chi connectivity index (χ0) is 61.9. The highest BCUT2D eigenvalue weighted by Gasteiger charge is 2.45. The van der Waals surface area contributed by atoms with E-state index in [1.165, 1.54) is 14.0 Å². The van der Waals surface area contributed by atoms with Crippen LogP contribution in [0.25, 0.3) is 10.9 Å². The molecule has 2 saturated heterocycles. The predicted octanol–water partition coefficient (Wildman–Crippen LogP) is -2.59. The van der Waals surface area contributed by atoms with Gasteiger partial charge < -0.3 is 83.3 Å². The number of aromatic nitrogens is 1. The molecular formula is C54H81N11O17S2. The van der Waals surface area contributed by atoms with Gasteiger partial charge in [0.25, 0.3) is 0 Å². The molecule has 0 spiro atoms. The van der Waals surface area contributed by atoms with Crippen LogP contribution in [0.15, 0.2) is 17.2 Å². The van der Waals surface area contributed by atoms with Crippen molar-refractivity contribution in [3.8, 4) is 5.75 Å². The molecule has 30 heteroatoms. The lowest BCUT2D eigenvalue weighted by molar-refractivity contribution is -0.144. The molecule has 0 bridgehead atoms. The normalized spacial score (nSPS) is 23.1. The average Bonchev–Trinajstić information content (AvgIpc) is 4.18. The Balaban J connectivity index is 1.51. The van der Waals surface area contributed by atoms with Crippen molar-refractivity contribution in [2.24, 2.45) is 23.3 Å². The Hall–Kier alpha value is -6.89. The van der Waals surface area contributed by atoms with Crippen LogP contribution in [0.5, 0.6) is 5.75 Å². The summed E-state index contributed by atoms with van der Waals surface area (Å²) in [5.41, 5.74) is 12.6. The number of aliphatic carboxylic acids is 1. The first-order valence-corrected chi connectivity index (χ1v) is 30.5. The summed E-state index contributed by atoms with van der Waals surface area (Å²) in [4.78, 5) is 152. The van der Waals surface area contributed by atoms with Gasteiger partial charge in [0.15, 0.2) is 0 Å². The van der Waals surface area contributed by atoms with Crippen molar-refractivity contribution in [2.75, 3.05) is 52.2 Å².